The van der Waals surface area contributed by atoms with Crippen LogP contribution in [0.25, 0.3) is 0 Å². The second-order valence-corrected chi connectivity index (χ2v) is 11.7. The highest BCUT2D eigenvalue weighted by molar-refractivity contribution is 5.90. The minimum atomic E-state index is -0.369. The van der Waals surface area contributed by atoms with Crippen molar-refractivity contribution in [2.75, 3.05) is 39.6 Å². The quantitative estimate of drug-likeness (QED) is 0.108. The molecule has 41 heavy (non-hydrogen) atoms. The average molecular weight is 567 g/mol. The molecule has 0 amide bonds. The van der Waals surface area contributed by atoms with E-state index in [1.165, 1.54) is 44.1 Å². The highest BCUT2D eigenvalue weighted by atomic mass is 16.6. The molecular formula is C34H46O7. The smallest absolute Gasteiger partial charge is 0.338 e. The number of ether oxygens (including phenoxy) is 6. The Hall–Kier alpha value is -2.77. The van der Waals surface area contributed by atoms with Crippen LogP contribution in [0.2, 0.25) is 0 Å². The van der Waals surface area contributed by atoms with Gasteiger partial charge in [-0.2, -0.15) is 0 Å². The largest absolute Gasteiger partial charge is 0.494 e. The van der Waals surface area contributed by atoms with E-state index in [1.54, 1.807) is 18.2 Å². The summed E-state index contributed by atoms with van der Waals surface area (Å²) in [7, 11) is 0. The molecule has 2 saturated heterocycles. The summed E-state index contributed by atoms with van der Waals surface area (Å²) in [5, 5.41) is 0. The molecule has 5 rings (SSSR count). The van der Waals surface area contributed by atoms with Crippen molar-refractivity contribution in [3.63, 3.8) is 0 Å². The van der Waals surface area contributed by atoms with Gasteiger partial charge in [0.2, 0.25) is 0 Å². The molecule has 3 fully saturated rings. The summed E-state index contributed by atoms with van der Waals surface area (Å²) in [6, 6.07) is 14.0. The number of benzene rings is 2. The lowest BCUT2D eigenvalue weighted by atomic mass is 9.77. The number of carbonyl (C=O) groups is 1. The van der Waals surface area contributed by atoms with Crippen molar-refractivity contribution in [2.24, 2.45) is 5.92 Å². The average Bonchev–Trinajstić information content (AvgIpc) is 3.93. The molecule has 2 heterocycles. The van der Waals surface area contributed by atoms with Crippen molar-refractivity contribution < 1.29 is 33.2 Å². The fraction of sp³-hybridized carbons (Fsp3) is 0.618. The first-order valence-corrected chi connectivity index (χ1v) is 15.7. The van der Waals surface area contributed by atoms with Gasteiger partial charge in [-0.15, -0.1) is 0 Å². The maximum Gasteiger partial charge on any atom is 0.338 e. The van der Waals surface area contributed by atoms with Gasteiger partial charge < -0.3 is 28.4 Å². The second-order valence-electron chi connectivity index (χ2n) is 11.7. The number of epoxide rings is 2. The number of esters is 1. The molecule has 2 aliphatic heterocycles. The number of unbranched alkanes of at least 4 members (excludes halogenated alkanes) is 3. The topological polar surface area (TPSA) is 79.1 Å². The third kappa shape index (κ3) is 10.2. The van der Waals surface area contributed by atoms with Gasteiger partial charge in [0.25, 0.3) is 0 Å². The summed E-state index contributed by atoms with van der Waals surface area (Å²) in [6.07, 6.45) is 12.2. The standard InChI is InChI=1S/C34H46O7/c1-2-7-25-8-10-26(11-9-25)27-12-14-29(15-13-27)36-16-5-3-4-6-17-37-34(35)28-18-30(38-21-32-23-40-32)20-31(19-28)39-22-33-24-41-33/h12-15,18-20,25-26,32-33H,2-11,16-17,21-24H2,1H3/t25-,26-,32?,33?. The normalized spacial score (nSPS) is 23.0. The summed E-state index contributed by atoms with van der Waals surface area (Å²) in [5.41, 5.74) is 1.89. The highest BCUT2D eigenvalue weighted by Gasteiger charge is 2.25. The molecular weight excluding hydrogens is 520 g/mol. The Balaban J connectivity index is 0.948. The third-order valence-corrected chi connectivity index (χ3v) is 8.23. The molecule has 1 aliphatic carbocycles. The second kappa shape index (κ2) is 15.5. The Morgan fingerprint density at radius 3 is 1.95 bits per heavy atom. The number of carbonyl (C=O) groups excluding carboxylic acids is 1. The molecule has 0 bridgehead atoms. The summed E-state index contributed by atoms with van der Waals surface area (Å²) >= 11 is 0. The molecule has 0 spiro atoms. The molecule has 7 heteroatoms. The maximum absolute atomic E-state index is 12.7. The number of hydrogen-bond acceptors (Lipinski definition) is 7. The lowest BCUT2D eigenvalue weighted by molar-refractivity contribution is 0.0496. The van der Waals surface area contributed by atoms with E-state index in [2.05, 4.69) is 31.2 Å². The summed E-state index contributed by atoms with van der Waals surface area (Å²) in [4.78, 5) is 12.7. The van der Waals surface area contributed by atoms with Crippen LogP contribution in [0.5, 0.6) is 17.2 Å². The van der Waals surface area contributed by atoms with Crippen LogP contribution in [-0.2, 0) is 14.2 Å². The molecule has 3 aliphatic rings. The third-order valence-electron chi connectivity index (χ3n) is 8.23. The van der Waals surface area contributed by atoms with E-state index in [0.29, 0.717) is 62.6 Å². The zero-order valence-corrected chi connectivity index (χ0v) is 24.5. The van der Waals surface area contributed by atoms with Crippen LogP contribution >= 0.6 is 0 Å². The molecule has 7 nitrogen and oxygen atoms in total. The van der Waals surface area contributed by atoms with Crippen LogP contribution in [0.3, 0.4) is 0 Å². The fourth-order valence-corrected chi connectivity index (χ4v) is 5.59. The molecule has 2 aromatic rings. The Morgan fingerprint density at radius 1 is 0.756 bits per heavy atom. The van der Waals surface area contributed by atoms with Gasteiger partial charge in [-0.3, -0.25) is 0 Å². The zero-order chi connectivity index (χ0) is 28.3. The van der Waals surface area contributed by atoms with E-state index in [9.17, 15) is 4.79 Å². The lowest BCUT2D eigenvalue weighted by Crippen LogP contribution is -2.13. The van der Waals surface area contributed by atoms with Crippen LogP contribution in [-0.4, -0.2) is 57.8 Å². The summed E-state index contributed by atoms with van der Waals surface area (Å²) in [6.45, 7) is 5.72. The van der Waals surface area contributed by atoms with Gasteiger partial charge in [-0.05, 0) is 93.0 Å². The van der Waals surface area contributed by atoms with Crippen molar-refractivity contribution in [1.29, 1.82) is 0 Å². The van der Waals surface area contributed by atoms with Gasteiger partial charge >= 0.3 is 5.97 Å². The van der Waals surface area contributed by atoms with E-state index >= 15 is 0 Å². The highest BCUT2D eigenvalue weighted by Crippen LogP contribution is 2.38. The van der Waals surface area contributed by atoms with E-state index in [1.807, 2.05) is 0 Å². The minimum absolute atomic E-state index is 0.130. The van der Waals surface area contributed by atoms with Gasteiger partial charge in [0.1, 0.15) is 42.7 Å². The zero-order valence-electron chi connectivity index (χ0n) is 24.5. The van der Waals surface area contributed by atoms with Crippen LogP contribution in [0, 0.1) is 5.92 Å². The van der Waals surface area contributed by atoms with E-state index in [0.717, 1.165) is 37.4 Å². The molecule has 0 radical (unpaired) electrons. The Morgan fingerprint density at radius 2 is 1.37 bits per heavy atom. The van der Waals surface area contributed by atoms with Crippen molar-refractivity contribution in [3.8, 4) is 17.2 Å². The summed E-state index contributed by atoms with van der Waals surface area (Å²) < 4.78 is 33.5. The van der Waals surface area contributed by atoms with Gasteiger partial charge in [0.15, 0.2) is 0 Å². The van der Waals surface area contributed by atoms with E-state index in [-0.39, 0.29) is 18.2 Å². The van der Waals surface area contributed by atoms with Crippen molar-refractivity contribution in [3.05, 3.63) is 53.6 Å². The molecule has 1 saturated carbocycles. The molecule has 0 N–H and O–H groups in total. The van der Waals surface area contributed by atoms with E-state index in [4.69, 9.17) is 28.4 Å². The molecule has 2 atom stereocenters. The lowest BCUT2D eigenvalue weighted by Gasteiger charge is -2.28. The van der Waals surface area contributed by atoms with Crippen LogP contribution < -0.4 is 14.2 Å². The van der Waals surface area contributed by atoms with E-state index < -0.39 is 0 Å². The first kappa shape index (κ1) is 29.7. The Labute approximate surface area is 244 Å². The molecule has 2 unspecified atom stereocenters. The van der Waals surface area contributed by atoms with Crippen molar-refractivity contribution >= 4 is 5.97 Å². The fourth-order valence-electron chi connectivity index (χ4n) is 5.59. The van der Waals surface area contributed by atoms with Crippen molar-refractivity contribution in [2.45, 2.75) is 89.3 Å². The van der Waals surface area contributed by atoms with Gasteiger partial charge in [0.05, 0.1) is 32.0 Å². The monoisotopic (exact) mass is 566 g/mol. The maximum atomic E-state index is 12.7. The molecule has 0 aromatic heterocycles. The minimum Gasteiger partial charge on any atom is -0.494 e. The van der Waals surface area contributed by atoms with Crippen LogP contribution in [0.1, 0.15) is 93.0 Å². The van der Waals surface area contributed by atoms with Gasteiger partial charge in [0, 0.05) is 6.07 Å². The van der Waals surface area contributed by atoms with Crippen LogP contribution in [0.15, 0.2) is 42.5 Å². The molecule has 224 valence electrons. The predicted molar refractivity (Wildman–Crippen MR) is 157 cm³/mol. The van der Waals surface area contributed by atoms with Gasteiger partial charge in [-0.25, -0.2) is 4.79 Å². The Bertz CT molecular complexity index is 1030. The van der Waals surface area contributed by atoms with Gasteiger partial charge in [-0.1, -0.05) is 31.9 Å². The SMILES string of the molecule is CCC[C@H]1CC[C@H](c2ccc(OCCCCCCOC(=O)c3cc(OCC4CO4)cc(OCC4CO4)c3)cc2)CC1. The number of hydrogen-bond donors (Lipinski definition) is 0. The predicted octanol–water partition coefficient (Wildman–Crippen LogP) is 7.11. The first-order valence-electron chi connectivity index (χ1n) is 15.7. The van der Waals surface area contributed by atoms with Crippen molar-refractivity contribution in [1.82, 2.24) is 0 Å². The molecule has 2 aromatic carbocycles. The Kier molecular flexibility index (Phi) is 11.2. The number of rotatable bonds is 18. The first-order chi connectivity index (χ1) is 20.2. The van der Waals surface area contributed by atoms with Crippen LogP contribution in [0.4, 0.5) is 0 Å². The summed E-state index contributed by atoms with van der Waals surface area (Å²) in [5.74, 6) is 3.38.